The van der Waals surface area contributed by atoms with Crippen molar-refractivity contribution in [1.29, 1.82) is 0 Å². The Labute approximate surface area is 184 Å². The first-order chi connectivity index (χ1) is 14.3. The average Bonchev–Trinajstić information content (AvgIpc) is 3.06. The zero-order valence-corrected chi connectivity index (χ0v) is 20.8. The van der Waals surface area contributed by atoms with Crippen molar-refractivity contribution in [3.8, 4) is 0 Å². The SMILES string of the molecule is CCC(C)C[Si](C)(C)C1C(C)CC2C3=C(C=CC21)Cc1cccc2c(C)ccc3c12. The van der Waals surface area contributed by atoms with Gasteiger partial charge < -0.3 is 0 Å². The summed E-state index contributed by atoms with van der Waals surface area (Å²) < 4.78 is 0. The van der Waals surface area contributed by atoms with Crippen molar-refractivity contribution in [1.82, 2.24) is 0 Å². The van der Waals surface area contributed by atoms with E-state index in [1.165, 1.54) is 35.4 Å². The molecule has 1 fully saturated rings. The monoisotopic (exact) mass is 414 g/mol. The Hall–Kier alpha value is -1.60. The molecule has 0 radical (unpaired) electrons. The smallest absolute Gasteiger partial charge is 0.0516 e. The van der Waals surface area contributed by atoms with Crippen LogP contribution in [-0.2, 0) is 6.42 Å². The predicted molar refractivity (Wildman–Crippen MR) is 135 cm³/mol. The summed E-state index contributed by atoms with van der Waals surface area (Å²) in [6.45, 7) is 15.1. The van der Waals surface area contributed by atoms with Crippen LogP contribution in [0, 0.1) is 30.6 Å². The van der Waals surface area contributed by atoms with Crippen molar-refractivity contribution in [3.05, 3.63) is 64.7 Å². The Kier molecular flexibility index (Phi) is 4.89. The Morgan fingerprint density at radius 3 is 2.70 bits per heavy atom. The number of benzene rings is 2. The first-order valence-corrected chi connectivity index (χ1v) is 15.5. The lowest BCUT2D eigenvalue weighted by molar-refractivity contribution is 0.531. The first kappa shape index (κ1) is 20.3. The van der Waals surface area contributed by atoms with Crippen molar-refractivity contribution in [2.45, 2.75) is 71.6 Å². The summed E-state index contributed by atoms with van der Waals surface area (Å²) in [7, 11) is -1.30. The van der Waals surface area contributed by atoms with Gasteiger partial charge in [-0.2, -0.15) is 0 Å². The van der Waals surface area contributed by atoms with E-state index in [1.54, 1.807) is 22.1 Å². The third-order valence-electron chi connectivity index (χ3n) is 8.84. The van der Waals surface area contributed by atoms with Gasteiger partial charge in [-0.05, 0) is 87.6 Å². The van der Waals surface area contributed by atoms with Gasteiger partial charge in [-0.3, -0.25) is 0 Å². The summed E-state index contributed by atoms with van der Waals surface area (Å²) in [5.41, 5.74) is 8.74. The number of fused-ring (bicyclic) bond motifs is 3. The zero-order chi connectivity index (χ0) is 21.2. The van der Waals surface area contributed by atoms with E-state index in [1.807, 2.05) is 0 Å². The first-order valence-electron chi connectivity index (χ1n) is 12.2. The summed E-state index contributed by atoms with van der Waals surface area (Å²) in [5.74, 6) is 3.21. The molecule has 2 aromatic carbocycles. The summed E-state index contributed by atoms with van der Waals surface area (Å²) in [4.78, 5) is 0. The molecule has 158 valence electrons. The molecule has 0 aromatic heterocycles. The topological polar surface area (TPSA) is 0 Å². The molecular weight excluding hydrogens is 376 g/mol. The van der Waals surface area contributed by atoms with Crippen LogP contribution in [0.15, 0.2) is 48.1 Å². The second-order valence-electron chi connectivity index (χ2n) is 11.4. The Bertz CT molecular complexity index is 1050. The molecule has 0 bridgehead atoms. The highest BCUT2D eigenvalue weighted by Gasteiger charge is 2.50. The lowest BCUT2D eigenvalue weighted by atomic mass is 9.72. The summed E-state index contributed by atoms with van der Waals surface area (Å²) in [6, 6.07) is 13.2. The van der Waals surface area contributed by atoms with Crippen LogP contribution >= 0.6 is 0 Å². The highest BCUT2D eigenvalue weighted by molar-refractivity contribution is 6.79. The molecule has 0 nitrogen and oxygen atoms in total. The minimum atomic E-state index is -1.30. The van der Waals surface area contributed by atoms with Gasteiger partial charge >= 0.3 is 0 Å². The summed E-state index contributed by atoms with van der Waals surface area (Å²) in [6.07, 6.45) is 9.02. The maximum Gasteiger partial charge on any atom is 0.0516 e. The van der Waals surface area contributed by atoms with Gasteiger partial charge in [-0.25, -0.2) is 0 Å². The van der Waals surface area contributed by atoms with Crippen molar-refractivity contribution in [2.24, 2.45) is 23.7 Å². The number of hydrogen-bond donors (Lipinski definition) is 0. The number of aryl methyl sites for hydroxylation is 1. The molecule has 1 saturated carbocycles. The van der Waals surface area contributed by atoms with Crippen LogP contribution in [-0.4, -0.2) is 8.07 Å². The molecule has 5 rings (SSSR count). The van der Waals surface area contributed by atoms with Crippen molar-refractivity contribution in [3.63, 3.8) is 0 Å². The Balaban J connectivity index is 1.58. The van der Waals surface area contributed by atoms with Crippen molar-refractivity contribution < 1.29 is 0 Å². The molecular formula is C29H38Si. The summed E-state index contributed by atoms with van der Waals surface area (Å²) >= 11 is 0. The summed E-state index contributed by atoms with van der Waals surface area (Å²) in [5, 5.41) is 3.02. The second-order valence-corrected chi connectivity index (χ2v) is 16.4. The van der Waals surface area contributed by atoms with E-state index in [0.717, 1.165) is 35.6 Å². The predicted octanol–water partition coefficient (Wildman–Crippen LogP) is 8.42. The van der Waals surface area contributed by atoms with Gasteiger partial charge in [-0.1, -0.05) is 88.8 Å². The fraction of sp³-hybridized carbons (Fsp3) is 0.517. The Morgan fingerprint density at radius 1 is 1.13 bits per heavy atom. The molecule has 1 heteroatoms. The lowest BCUT2D eigenvalue weighted by Gasteiger charge is -2.40. The van der Waals surface area contributed by atoms with Gasteiger partial charge in [0, 0.05) is 0 Å². The van der Waals surface area contributed by atoms with Gasteiger partial charge in [0.15, 0.2) is 0 Å². The maximum atomic E-state index is 2.70. The fourth-order valence-electron chi connectivity index (χ4n) is 7.66. The zero-order valence-electron chi connectivity index (χ0n) is 19.8. The van der Waals surface area contributed by atoms with Crippen LogP contribution in [0.1, 0.15) is 50.3 Å². The van der Waals surface area contributed by atoms with E-state index in [4.69, 9.17) is 0 Å². The van der Waals surface area contributed by atoms with Gasteiger partial charge in [0.1, 0.15) is 0 Å². The molecule has 0 aliphatic heterocycles. The van der Waals surface area contributed by atoms with E-state index < -0.39 is 8.07 Å². The largest absolute Gasteiger partial charge is 0.0805 e. The molecule has 0 amide bonds. The molecule has 0 spiro atoms. The molecule has 0 heterocycles. The van der Waals surface area contributed by atoms with E-state index in [2.05, 4.69) is 83.3 Å². The minimum absolute atomic E-state index is 0.730. The third kappa shape index (κ3) is 3.00. The molecule has 0 saturated heterocycles. The number of rotatable bonds is 4. The molecule has 3 aliphatic rings. The van der Waals surface area contributed by atoms with Gasteiger partial charge in [0.25, 0.3) is 0 Å². The van der Waals surface area contributed by atoms with E-state index in [-0.39, 0.29) is 0 Å². The fourth-order valence-corrected chi connectivity index (χ4v) is 13.1. The quantitative estimate of drug-likeness (QED) is 0.440. The molecule has 0 N–H and O–H groups in total. The van der Waals surface area contributed by atoms with Crippen molar-refractivity contribution >= 4 is 24.4 Å². The van der Waals surface area contributed by atoms with Crippen LogP contribution < -0.4 is 0 Å². The molecule has 5 atom stereocenters. The number of allylic oxidation sites excluding steroid dienone is 4. The van der Waals surface area contributed by atoms with E-state index in [0.29, 0.717) is 0 Å². The lowest BCUT2D eigenvalue weighted by Crippen LogP contribution is -2.39. The third-order valence-corrected chi connectivity index (χ3v) is 13.4. The van der Waals surface area contributed by atoms with Crippen molar-refractivity contribution in [2.75, 3.05) is 0 Å². The average molecular weight is 415 g/mol. The van der Waals surface area contributed by atoms with Crippen LogP contribution in [0.25, 0.3) is 16.3 Å². The molecule has 3 aliphatic carbocycles. The maximum absolute atomic E-state index is 2.70. The molecule has 30 heavy (non-hydrogen) atoms. The van der Waals surface area contributed by atoms with E-state index in [9.17, 15) is 0 Å². The van der Waals surface area contributed by atoms with Gasteiger partial charge in [0.05, 0.1) is 8.07 Å². The van der Waals surface area contributed by atoms with E-state index >= 15 is 0 Å². The minimum Gasteiger partial charge on any atom is -0.0805 e. The van der Waals surface area contributed by atoms with Gasteiger partial charge in [0.2, 0.25) is 0 Å². The highest BCUT2D eigenvalue weighted by Crippen LogP contribution is 2.60. The normalized spacial score (nSPS) is 28.6. The standard InChI is InChI=1S/C29H38Si/c1-7-18(2)17-30(5,6)29-20(4)15-26-24(29)14-12-22-16-21-9-8-10-23-19(3)11-13-25(27(21)23)28(22)26/h8-14,18,20,24,26,29H,7,15-17H2,1-6H3. The van der Waals surface area contributed by atoms with Crippen LogP contribution in [0.3, 0.4) is 0 Å². The van der Waals surface area contributed by atoms with Crippen LogP contribution in [0.2, 0.25) is 24.7 Å². The molecule has 2 aromatic rings. The highest BCUT2D eigenvalue weighted by atomic mass is 28.3. The van der Waals surface area contributed by atoms with Crippen LogP contribution in [0.5, 0.6) is 0 Å². The number of hydrogen-bond acceptors (Lipinski definition) is 0. The van der Waals surface area contributed by atoms with Gasteiger partial charge in [-0.15, -0.1) is 0 Å². The Morgan fingerprint density at radius 2 is 1.93 bits per heavy atom. The van der Waals surface area contributed by atoms with Crippen LogP contribution in [0.4, 0.5) is 0 Å². The second kappa shape index (κ2) is 7.23. The molecule has 5 unspecified atom stereocenters.